The molecule has 2 amide bonds. The summed E-state index contributed by atoms with van der Waals surface area (Å²) in [6, 6.07) is 0.466. The molecular formula is C27H39N7O4S2. The Kier molecular flexibility index (Phi) is 8.01. The van der Waals surface area contributed by atoms with E-state index in [1.54, 1.807) is 30.0 Å². The minimum Gasteiger partial charge on any atom is -0.440 e. The lowest BCUT2D eigenvalue weighted by Gasteiger charge is -2.52. The normalized spacial score (nSPS) is 27.6. The van der Waals surface area contributed by atoms with Crippen LogP contribution in [0.4, 0.5) is 0 Å². The topological polar surface area (TPSA) is 123 Å². The maximum atomic E-state index is 14.0. The van der Waals surface area contributed by atoms with E-state index in [0.29, 0.717) is 25.1 Å². The van der Waals surface area contributed by atoms with Gasteiger partial charge >= 0.3 is 5.97 Å². The third-order valence-corrected chi connectivity index (χ3v) is 10.7. The van der Waals surface area contributed by atoms with Gasteiger partial charge in [0.05, 0.1) is 5.66 Å². The summed E-state index contributed by atoms with van der Waals surface area (Å²) in [5, 5.41) is 19.6. The van der Waals surface area contributed by atoms with Crippen molar-refractivity contribution >= 4 is 40.9 Å². The van der Waals surface area contributed by atoms with Crippen molar-refractivity contribution in [1.82, 2.24) is 35.3 Å². The molecule has 13 heteroatoms. The van der Waals surface area contributed by atoms with E-state index in [4.69, 9.17) is 4.74 Å². The molecule has 0 bridgehead atoms. The fourth-order valence-electron chi connectivity index (χ4n) is 6.32. The predicted molar refractivity (Wildman–Crippen MR) is 152 cm³/mol. The van der Waals surface area contributed by atoms with Gasteiger partial charge in [-0.1, -0.05) is 33.6 Å². The van der Waals surface area contributed by atoms with E-state index in [9.17, 15) is 14.4 Å². The molecular weight excluding hydrogens is 550 g/mol. The first-order valence-corrected chi connectivity index (χ1v) is 16.0. The Balaban J connectivity index is 1.40. The molecule has 11 nitrogen and oxygen atoms in total. The molecule has 0 radical (unpaired) electrons. The second-order valence-corrected chi connectivity index (χ2v) is 13.9. The maximum Gasteiger partial charge on any atom is 0.307 e. The van der Waals surface area contributed by atoms with Crippen LogP contribution in [0.5, 0.6) is 0 Å². The van der Waals surface area contributed by atoms with E-state index in [0.717, 1.165) is 24.8 Å². The molecule has 0 saturated carbocycles. The van der Waals surface area contributed by atoms with Gasteiger partial charge in [-0.25, -0.2) is 0 Å². The van der Waals surface area contributed by atoms with E-state index in [1.165, 1.54) is 4.68 Å². The molecule has 0 aliphatic carbocycles. The Morgan fingerprint density at radius 3 is 2.58 bits per heavy atom. The highest BCUT2D eigenvalue weighted by molar-refractivity contribution is 8.01. The van der Waals surface area contributed by atoms with Crippen molar-refractivity contribution in [2.45, 2.75) is 120 Å². The van der Waals surface area contributed by atoms with Crippen LogP contribution in [0.3, 0.4) is 0 Å². The number of carbonyl (C=O) groups excluding carboxylic acids is 3. The van der Waals surface area contributed by atoms with Gasteiger partial charge in [-0.05, 0) is 72.9 Å². The van der Waals surface area contributed by atoms with Gasteiger partial charge in [-0.3, -0.25) is 19.7 Å². The van der Waals surface area contributed by atoms with Crippen LogP contribution in [0.15, 0.2) is 16.8 Å². The van der Waals surface area contributed by atoms with Gasteiger partial charge in [0.15, 0.2) is 12.1 Å². The lowest BCUT2D eigenvalue weighted by molar-refractivity contribution is -0.167. The number of β-lactam (4-membered cyclic amide) rings is 1. The minimum absolute atomic E-state index is 0.0598. The van der Waals surface area contributed by atoms with Crippen LogP contribution in [-0.2, 0) is 19.1 Å². The van der Waals surface area contributed by atoms with Gasteiger partial charge in [-0.15, -0.1) is 16.9 Å². The molecule has 0 aromatic carbocycles. The second kappa shape index (κ2) is 11.1. The maximum absolute atomic E-state index is 14.0. The van der Waals surface area contributed by atoms with Crippen LogP contribution in [0.2, 0.25) is 0 Å². The minimum atomic E-state index is -0.713. The van der Waals surface area contributed by atoms with Gasteiger partial charge in [0.1, 0.15) is 23.5 Å². The number of carbonyl (C=O) groups is 3. The van der Waals surface area contributed by atoms with E-state index < -0.39 is 34.8 Å². The van der Waals surface area contributed by atoms with Gasteiger partial charge in [0.25, 0.3) is 0 Å². The summed E-state index contributed by atoms with van der Waals surface area (Å²) >= 11 is 3.22. The summed E-state index contributed by atoms with van der Waals surface area (Å²) in [6.07, 6.45) is 3.76. The Morgan fingerprint density at radius 1 is 1.18 bits per heavy atom. The van der Waals surface area contributed by atoms with Crippen LogP contribution < -0.4 is 5.32 Å². The van der Waals surface area contributed by atoms with Gasteiger partial charge < -0.3 is 14.5 Å². The molecule has 2 aromatic rings. The number of amides is 2. The number of esters is 1. The molecule has 218 valence electrons. The number of nitrogens with one attached hydrogen (secondary N) is 1. The first-order chi connectivity index (χ1) is 19.1. The van der Waals surface area contributed by atoms with Crippen LogP contribution in [0.25, 0.3) is 0 Å². The highest BCUT2D eigenvalue weighted by atomic mass is 32.2. The molecule has 40 heavy (non-hydrogen) atoms. The Hall–Kier alpha value is -2.51. The van der Waals surface area contributed by atoms with Crippen LogP contribution >= 0.6 is 23.1 Å². The highest BCUT2D eigenvalue weighted by Crippen LogP contribution is 2.59. The Bertz CT molecular complexity index is 1250. The van der Waals surface area contributed by atoms with E-state index in [2.05, 4.69) is 55.5 Å². The molecule has 0 spiro atoms. The number of thioether (sulfide) groups is 1. The lowest BCUT2D eigenvalue weighted by atomic mass is 9.92. The van der Waals surface area contributed by atoms with Crippen LogP contribution in [0.1, 0.15) is 110 Å². The van der Waals surface area contributed by atoms with Crippen molar-refractivity contribution in [1.29, 1.82) is 0 Å². The molecule has 3 fully saturated rings. The molecule has 3 aliphatic rings. The number of aromatic nitrogens is 4. The Labute approximate surface area is 243 Å². The quantitative estimate of drug-likeness (QED) is 0.234. The number of ether oxygens (including phenoxy) is 1. The van der Waals surface area contributed by atoms with Crippen molar-refractivity contribution in [2.24, 2.45) is 0 Å². The van der Waals surface area contributed by atoms with Crippen molar-refractivity contribution < 1.29 is 19.1 Å². The summed E-state index contributed by atoms with van der Waals surface area (Å²) in [5.74, 6) is 0.00525. The van der Waals surface area contributed by atoms with Crippen molar-refractivity contribution in [2.75, 3.05) is 0 Å². The zero-order valence-electron chi connectivity index (χ0n) is 24.0. The number of thiophene rings is 1. The molecule has 1 N–H and O–H groups in total. The third-order valence-electron chi connectivity index (χ3n) is 8.49. The van der Waals surface area contributed by atoms with E-state index in [-0.39, 0.29) is 23.2 Å². The van der Waals surface area contributed by atoms with Crippen LogP contribution in [-0.4, -0.2) is 69.6 Å². The second-order valence-electron chi connectivity index (χ2n) is 11.3. The third kappa shape index (κ3) is 4.63. The molecule has 4 unspecified atom stereocenters. The Morgan fingerprint density at radius 2 is 1.93 bits per heavy atom. The first kappa shape index (κ1) is 29.0. The fraction of sp³-hybridized carbons (Fsp3) is 0.704. The van der Waals surface area contributed by atoms with Gasteiger partial charge in [-0.2, -0.15) is 16.0 Å². The summed E-state index contributed by atoms with van der Waals surface area (Å²) < 4.78 is 6.70. The largest absolute Gasteiger partial charge is 0.440 e. The zero-order valence-corrected chi connectivity index (χ0v) is 25.6. The number of fused-ring (bicyclic) bond motifs is 1. The number of unbranched alkanes of at least 4 members (excludes halogenated alkanes) is 2. The smallest absolute Gasteiger partial charge is 0.307 e. The average Bonchev–Trinajstić information content (AvgIpc) is 3.70. The monoisotopic (exact) mass is 589 g/mol. The standard InChI is InChI=1S/C27H39N7O4S2/c1-7-10-11-12-18(35)38-16(4)34-22(29-30-31-34)21-26(5,6)40-25-20(24(37)32(21)25)33-23(36)19(17-13-14-39-15-17)28-27(33,8-2)9-3/h13-16,19-21,25,28H,7-12H2,1-6H3/t16?,19?,20?,21?,25-/m1/s1. The SMILES string of the molecule is CCCCCC(=O)OC(C)n1nnnc1C1N2C(=O)C(N3C(=O)C(c4ccsc4)NC3(CC)CC)[C@H]2SC1(C)C. The molecule has 5 atom stereocenters. The summed E-state index contributed by atoms with van der Waals surface area (Å²) in [7, 11) is 0. The van der Waals surface area contributed by atoms with Gasteiger partial charge in [0.2, 0.25) is 11.8 Å². The van der Waals surface area contributed by atoms with Crippen LogP contribution in [0, 0.1) is 0 Å². The summed E-state index contributed by atoms with van der Waals surface area (Å²) in [5.41, 5.74) is 0.322. The number of hydrogen-bond acceptors (Lipinski definition) is 10. The van der Waals surface area contributed by atoms with Crippen molar-refractivity contribution in [3.8, 4) is 0 Å². The van der Waals surface area contributed by atoms with E-state index >= 15 is 0 Å². The first-order valence-electron chi connectivity index (χ1n) is 14.2. The molecule has 2 aromatic heterocycles. The summed E-state index contributed by atoms with van der Waals surface area (Å²) in [4.78, 5) is 44.0. The molecule has 5 heterocycles. The number of tetrazole rings is 1. The zero-order chi connectivity index (χ0) is 28.8. The number of nitrogens with zero attached hydrogens (tertiary/aromatic N) is 6. The molecule has 3 aliphatic heterocycles. The summed E-state index contributed by atoms with van der Waals surface area (Å²) in [6.45, 7) is 12.1. The highest BCUT2D eigenvalue weighted by Gasteiger charge is 2.68. The fourth-order valence-corrected chi connectivity index (χ4v) is 8.68. The predicted octanol–water partition coefficient (Wildman–Crippen LogP) is 4.17. The molecule has 5 rings (SSSR count). The average molecular weight is 590 g/mol. The lowest BCUT2D eigenvalue weighted by Crippen LogP contribution is -2.72. The van der Waals surface area contributed by atoms with Crippen molar-refractivity contribution in [3.63, 3.8) is 0 Å². The van der Waals surface area contributed by atoms with E-state index in [1.807, 2.05) is 26.6 Å². The van der Waals surface area contributed by atoms with Gasteiger partial charge in [0, 0.05) is 11.2 Å². The number of rotatable bonds is 11. The molecule has 3 saturated heterocycles. The number of hydrogen-bond donors (Lipinski definition) is 1. The van der Waals surface area contributed by atoms with Crippen molar-refractivity contribution in [3.05, 3.63) is 28.2 Å².